The zero-order chi connectivity index (χ0) is 23.9. The lowest BCUT2D eigenvalue weighted by Crippen LogP contribution is -2.37. The van der Waals surface area contributed by atoms with Gasteiger partial charge < -0.3 is 9.72 Å². The molecule has 0 spiro atoms. The van der Waals surface area contributed by atoms with Gasteiger partial charge in [-0.05, 0) is 45.7 Å². The Hall–Kier alpha value is -3.30. The number of benzene rings is 1. The number of carbonyl (C=O) groups is 1. The standard InChI is InChI=1S/C25H28N6O2S/c1-15-18(16-7-5-6-8-19(16)29-15)11-28-30-23-22-17-9-10-31(13-21(32)33-25(2,3)4)12-20(17)34-24(22)27-14-26-23/h5-8,11,14,29H,9-10,12-13H2,1-4H3,(H,26,27,30)/b28-11+. The number of hydrogen-bond donors (Lipinski definition) is 2. The number of carbonyl (C=O) groups excluding carboxylic acids is 1. The highest BCUT2D eigenvalue weighted by molar-refractivity contribution is 7.19. The van der Waals surface area contributed by atoms with Crippen molar-refractivity contribution in [3.8, 4) is 0 Å². The average Bonchev–Trinajstić information content (AvgIpc) is 3.29. The fourth-order valence-electron chi connectivity index (χ4n) is 4.38. The molecule has 0 bridgehead atoms. The summed E-state index contributed by atoms with van der Waals surface area (Å²) >= 11 is 1.65. The van der Waals surface area contributed by atoms with Crippen LogP contribution in [0.2, 0.25) is 0 Å². The van der Waals surface area contributed by atoms with Crippen molar-refractivity contribution in [2.75, 3.05) is 18.5 Å². The number of ether oxygens (including phenoxy) is 1. The van der Waals surface area contributed by atoms with E-state index < -0.39 is 5.60 Å². The zero-order valence-electron chi connectivity index (χ0n) is 19.8. The molecule has 1 aromatic carbocycles. The maximum Gasteiger partial charge on any atom is 0.320 e. The molecule has 1 aliphatic rings. The molecule has 4 heterocycles. The van der Waals surface area contributed by atoms with Crippen LogP contribution in [0.5, 0.6) is 0 Å². The third kappa shape index (κ3) is 4.53. The number of rotatable bonds is 5. The number of para-hydroxylation sites is 1. The topological polar surface area (TPSA) is 95.5 Å². The molecule has 5 rings (SSSR count). The summed E-state index contributed by atoms with van der Waals surface area (Å²) in [6.07, 6.45) is 4.23. The third-order valence-corrected chi connectivity index (χ3v) is 6.92. The number of aromatic nitrogens is 3. The van der Waals surface area contributed by atoms with Crippen LogP contribution in [0.1, 0.15) is 42.5 Å². The first-order valence-corrected chi connectivity index (χ1v) is 12.2. The van der Waals surface area contributed by atoms with Crippen molar-refractivity contribution in [1.29, 1.82) is 0 Å². The molecule has 0 saturated carbocycles. The number of nitrogens with one attached hydrogen (secondary N) is 2. The lowest BCUT2D eigenvalue weighted by atomic mass is 10.1. The van der Waals surface area contributed by atoms with Crippen LogP contribution < -0.4 is 5.43 Å². The first-order chi connectivity index (χ1) is 16.3. The molecule has 0 unspecified atom stereocenters. The highest BCUT2D eigenvalue weighted by Gasteiger charge is 2.26. The molecule has 1 aliphatic heterocycles. The average molecular weight is 477 g/mol. The van der Waals surface area contributed by atoms with Gasteiger partial charge in [0.25, 0.3) is 0 Å². The smallest absolute Gasteiger partial charge is 0.320 e. The SMILES string of the molecule is Cc1[nH]c2ccccc2c1/C=N/Nc1ncnc2sc3c(c12)CCN(CC(=O)OC(C)(C)C)C3. The molecule has 0 saturated heterocycles. The van der Waals surface area contributed by atoms with Crippen LogP contribution >= 0.6 is 11.3 Å². The van der Waals surface area contributed by atoms with E-state index in [0.717, 1.165) is 45.3 Å². The van der Waals surface area contributed by atoms with Gasteiger partial charge in [-0.3, -0.25) is 15.1 Å². The van der Waals surface area contributed by atoms with E-state index in [1.165, 1.54) is 10.4 Å². The predicted octanol–water partition coefficient (Wildman–Crippen LogP) is 4.63. The monoisotopic (exact) mass is 476 g/mol. The van der Waals surface area contributed by atoms with Crippen LogP contribution in [0, 0.1) is 6.92 Å². The van der Waals surface area contributed by atoms with E-state index in [2.05, 4.69) is 42.5 Å². The number of anilines is 1. The van der Waals surface area contributed by atoms with E-state index >= 15 is 0 Å². The van der Waals surface area contributed by atoms with Crippen LogP contribution in [0.15, 0.2) is 35.7 Å². The number of fused-ring (bicyclic) bond motifs is 4. The summed E-state index contributed by atoms with van der Waals surface area (Å²) in [4.78, 5) is 28.9. The van der Waals surface area contributed by atoms with Crippen LogP contribution in [0.25, 0.3) is 21.1 Å². The molecular formula is C25H28N6O2S. The van der Waals surface area contributed by atoms with E-state index in [1.807, 2.05) is 46.0 Å². The summed E-state index contributed by atoms with van der Waals surface area (Å²) in [6.45, 7) is 9.48. The second-order valence-corrected chi connectivity index (χ2v) is 10.6. The number of hydrazone groups is 1. The van der Waals surface area contributed by atoms with Crippen LogP contribution in [0.3, 0.4) is 0 Å². The van der Waals surface area contributed by atoms with Crippen LogP contribution in [-0.2, 0) is 22.5 Å². The van der Waals surface area contributed by atoms with Gasteiger partial charge in [0.15, 0.2) is 5.82 Å². The summed E-state index contributed by atoms with van der Waals surface area (Å²) in [5.74, 6) is 0.512. The minimum Gasteiger partial charge on any atom is -0.459 e. The zero-order valence-corrected chi connectivity index (χ0v) is 20.6. The fraction of sp³-hybridized carbons (Fsp3) is 0.360. The largest absolute Gasteiger partial charge is 0.459 e. The first kappa shape index (κ1) is 22.5. The maximum atomic E-state index is 12.3. The van der Waals surface area contributed by atoms with E-state index in [-0.39, 0.29) is 12.5 Å². The van der Waals surface area contributed by atoms with Gasteiger partial charge in [-0.15, -0.1) is 11.3 Å². The highest BCUT2D eigenvalue weighted by atomic mass is 32.1. The molecule has 34 heavy (non-hydrogen) atoms. The fourth-order valence-corrected chi connectivity index (χ4v) is 5.61. The number of aromatic amines is 1. The molecule has 0 fully saturated rings. The lowest BCUT2D eigenvalue weighted by Gasteiger charge is -2.27. The molecule has 0 radical (unpaired) electrons. The molecule has 0 atom stereocenters. The van der Waals surface area contributed by atoms with Gasteiger partial charge in [0.1, 0.15) is 16.8 Å². The summed E-state index contributed by atoms with van der Waals surface area (Å²) in [5.41, 5.74) is 7.12. The third-order valence-electron chi connectivity index (χ3n) is 5.80. The van der Waals surface area contributed by atoms with E-state index in [0.29, 0.717) is 12.4 Å². The van der Waals surface area contributed by atoms with Crippen molar-refractivity contribution >= 4 is 50.5 Å². The van der Waals surface area contributed by atoms with Crippen molar-refractivity contribution in [1.82, 2.24) is 19.9 Å². The van der Waals surface area contributed by atoms with Gasteiger partial charge in [0, 0.05) is 40.1 Å². The Morgan fingerprint density at radius 1 is 1.32 bits per heavy atom. The lowest BCUT2D eigenvalue weighted by molar-refractivity contribution is -0.156. The first-order valence-electron chi connectivity index (χ1n) is 11.3. The van der Waals surface area contributed by atoms with Gasteiger partial charge in [-0.25, -0.2) is 9.97 Å². The van der Waals surface area contributed by atoms with Crippen molar-refractivity contribution in [3.05, 3.63) is 52.3 Å². The summed E-state index contributed by atoms with van der Waals surface area (Å²) in [5, 5.41) is 6.67. The summed E-state index contributed by atoms with van der Waals surface area (Å²) in [7, 11) is 0. The second-order valence-electron chi connectivity index (χ2n) is 9.53. The van der Waals surface area contributed by atoms with Gasteiger partial charge in [0.05, 0.1) is 18.1 Å². The Morgan fingerprint density at radius 2 is 2.15 bits per heavy atom. The number of nitrogens with zero attached hydrogens (tertiary/aromatic N) is 4. The number of thiophene rings is 1. The summed E-state index contributed by atoms with van der Waals surface area (Å²) in [6, 6.07) is 8.19. The van der Waals surface area contributed by atoms with Gasteiger partial charge in [0.2, 0.25) is 0 Å². The van der Waals surface area contributed by atoms with Crippen molar-refractivity contribution in [3.63, 3.8) is 0 Å². The number of H-pyrrole nitrogens is 1. The van der Waals surface area contributed by atoms with E-state index in [9.17, 15) is 4.79 Å². The molecule has 9 heteroatoms. The Labute approximate surface area is 202 Å². The molecule has 3 aromatic heterocycles. The van der Waals surface area contributed by atoms with Crippen molar-refractivity contribution in [2.24, 2.45) is 5.10 Å². The molecule has 4 aromatic rings. The second kappa shape index (κ2) is 8.81. The number of hydrogen-bond acceptors (Lipinski definition) is 8. The molecule has 0 amide bonds. The predicted molar refractivity (Wildman–Crippen MR) is 136 cm³/mol. The van der Waals surface area contributed by atoms with Gasteiger partial charge in [-0.2, -0.15) is 5.10 Å². The molecule has 0 aliphatic carbocycles. The number of aryl methyl sites for hydroxylation is 1. The van der Waals surface area contributed by atoms with Crippen molar-refractivity contribution in [2.45, 2.75) is 46.3 Å². The highest BCUT2D eigenvalue weighted by Crippen LogP contribution is 2.37. The molecule has 176 valence electrons. The summed E-state index contributed by atoms with van der Waals surface area (Å²) < 4.78 is 5.49. The number of esters is 1. The van der Waals surface area contributed by atoms with Gasteiger partial charge in [-0.1, -0.05) is 18.2 Å². The van der Waals surface area contributed by atoms with Crippen LogP contribution in [-0.4, -0.2) is 50.7 Å². The Morgan fingerprint density at radius 3 is 2.97 bits per heavy atom. The normalized spacial score (nSPS) is 14.7. The Balaban J connectivity index is 1.35. The Bertz CT molecular complexity index is 1400. The quantitative estimate of drug-likeness (QED) is 0.248. The van der Waals surface area contributed by atoms with E-state index in [1.54, 1.807) is 17.7 Å². The minimum absolute atomic E-state index is 0.193. The molecule has 2 N–H and O–H groups in total. The van der Waals surface area contributed by atoms with Crippen molar-refractivity contribution < 1.29 is 9.53 Å². The van der Waals surface area contributed by atoms with Crippen LogP contribution in [0.4, 0.5) is 5.82 Å². The molecular weight excluding hydrogens is 448 g/mol. The van der Waals surface area contributed by atoms with E-state index in [4.69, 9.17) is 4.74 Å². The molecule has 8 nitrogen and oxygen atoms in total. The minimum atomic E-state index is -0.475. The Kier molecular flexibility index (Phi) is 5.83. The maximum absolute atomic E-state index is 12.3. The van der Waals surface area contributed by atoms with Gasteiger partial charge >= 0.3 is 5.97 Å².